The summed E-state index contributed by atoms with van der Waals surface area (Å²) in [6.45, 7) is 4.52. The number of hydrogen-bond acceptors (Lipinski definition) is 3. The summed E-state index contributed by atoms with van der Waals surface area (Å²) in [6, 6.07) is 0. The van der Waals surface area contributed by atoms with E-state index in [1.54, 1.807) is 0 Å². The zero-order valence-corrected chi connectivity index (χ0v) is 9.62. The quantitative estimate of drug-likeness (QED) is 0.532. The van der Waals surface area contributed by atoms with E-state index in [2.05, 4.69) is 6.92 Å². The number of esters is 1. The molecule has 1 saturated heterocycles. The van der Waals surface area contributed by atoms with Crippen molar-refractivity contribution in [2.24, 2.45) is 5.92 Å². The van der Waals surface area contributed by atoms with E-state index in [0.717, 1.165) is 18.8 Å². The number of rotatable bonds is 3. The first-order chi connectivity index (χ1) is 7.22. The topological polar surface area (TPSA) is 38.8 Å². The lowest BCUT2D eigenvalue weighted by Gasteiger charge is -2.25. The van der Waals surface area contributed by atoms with Crippen molar-refractivity contribution < 1.29 is 14.3 Å². The highest BCUT2D eigenvalue weighted by Gasteiger charge is 2.61. The molecule has 2 fully saturated rings. The summed E-state index contributed by atoms with van der Waals surface area (Å²) in [5, 5.41) is 0. The summed E-state index contributed by atoms with van der Waals surface area (Å²) in [5.41, 5.74) is -0.127. The van der Waals surface area contributed by atoms with Crippen LogP contribution in [0.3, 0.4) is 0 Å². The van der Waals surface area contributed by atoms with Gasteiger partial charge in [0.15, 0.2) is 6.10 Å². The van der Waals surface area contributed by atoms with Crippen molar-refractivity contribution in [3.8, 4) is 0 Å². The largest absolute Gasteiger partial charge is 0.464 e. The van der Waals surface area contributed by atoms with Crippen molar-refractivity contribution in [1.29, 1.82) is 0 Å². The third-order valence-corrected chi connectivity index (χ3v) is 3.80. The number of hydrogen-bond donors (Lipinski definition) is 0. The highest BCUT2D eigenvalue weighted by Crippen LogP contribution is 2.50. The molecule has 0 aromatic heterocycles. The van der Waals surface area contributed by atoms with Crippen LogP contribution in [0.15, 0.2) is 0 Å². The molecule has 0 aromatic rings. The summed E-state index contributed by atoms with van der Waals surface area (Å²) >= 11 is 0. The van der Waals surface area contributed by atoms with Crippen LogP contribution in [0, 0.1) is 5.92 Å². The Morgan fingerprint density at radius 3 is 2.60 bits per heavy atom. The molecule has 1 unspecified atom stereocenters. The Balaban J connectivity index is 1.84. The van der Waals surface area contributed by atoms with Crippen LogP contribution in [-0.4, -0.2) is 24.3 Å². The van der Waals surface area contributed by atoms with Gasteiger partial charge in [-0.15, -0.1) is 0 Å². The molecule has 0 aromatic carbocycles. The molecule has 1 aliphatic carbocycles. The van der Waals surface area contributed by atoms with Crippen molar-refractivity contribution in [1.82, 2.24) is 0 Å². The van der Waals surface area contributed by atoms with Gasteiger partial charge in [-0.25, -0.2) is 4.79 Å². The highest BCUT2D eigenvalue weighted by molar-refractivity contribution is 5.79. The fourth-order valence-electron chi connectivity index (χ4n) is 2.64. The van der Waals surface area contributed by atoms with Crippen LogP contribution < -0.4 is 0 Å². The third-order valence-electron chi connectivity index (χ3n) is 3.80. The van der Waals surface area contributed by atoms with Crippen molar-refractivity contribution >= 4 is 5.97 Å². The number of carbonyl (C=O) groups is 1. The van der Waals surface area contributed by atoms with Gasteiger partial charge in [-0.05, 0) is 38.5 Å². The first-order valence-corrected chi connectivity index (χ1v) is 6.06. The third kappa shape index (κ3) is 2.03. The minimum atomic E-state index is -0.254. The minimum absolute atomic E-state index is 0.127. The van der Waals surface area contributed by atoms with Gasteiger partial charge < -0.3 is 9.47 Å². The smallest absolute Gasteiger partial charge is 0.338 e. The molecule has 1 heterocycles. The Labute approximate surface area is 91.1 Å². The number of epoxide rings is 1. The van der Waals surface area contributed by atoms with E-state index >= 15 is 0 Å². The SMILES string of the molecule is CCOC(=O)C1OC12CCC(CC)CC2. The molecule has 1 saturated carbocycles. The zero-order valence-electron chi connectivity index (χ0n) is 9.62. The molecule has 0 amide bonds. The van der Waals surface area contributed by atoms with E-state index in [9.17, 15) is 4.79 Å². The molecule has 2 rings (SSSR count). The Hall–Kier alpha value is -0.570. The van der Waals surface area contributed by atoms with E-state index in [-0.39, 0.29) is 17.7 Å². The Kier molecular flexibility index (Phi) is 3.01. The fraction of sp³-hybridized carbons (Fsp3) is 0.917. The molecular formula is C12H20O3. The predicted molar refractivity (Wildman–Crippen MR) is 56.5 cm³/mol. The van der Waals surface area contributed by atoms with Gasteiger partial charge in [0.1, 0.15) is 5.60 Å². The molecule has 15 heavy (non-hydrogen) atoms. The highest BCUT2D eigenvalue weighted by atomic mass is 16.7. The molecule has 0 radical (unpaired) electrons. The van der Waals surface area contributed by atoms with E-state index < -0.39 is 0 Å². The maximum atomic E-state index is 11.5. The summed E-state index contributed by atoms with van der Waals surface area (Å²) in [4.78, 5) is 11.5. The molecule has 86 valence electrons. The average Bonchev–Trinajstić information content (AvgIpc) is 2.94. The molecule has 3 heteroatoms. The van der Waals surface area contributed by atoms with E-state index in [0.29, 0.717) is 6.61 Å². The van der Waals surface area contributed by atoms with Gasteiger partial charge >= 0.3 is 5.97 Å². The standard InChI is InChI=1S/C12H20O3/c1-3-9-5-7-12(8-6-9)10(15-12)11(13)14-4-2/h9-10H,3-8H2,1-2H3. The lowest BCUT2D eigenvalue weighted by molar-refractivity contribution is -0.144. The normalized spacial score (nSPS) is 39.1. The van der Waals surface area contributed by atoms with Crippen LogP contribution in [-0.2, 0) is 14.3 Å². The first kappa shape index (κ1) is 10.9. The van der Waals surface area contributed by atoms with Crippen LogP contribution in [0.2, 0.25) is 0 Å². The second-order valence-electron chi connectivity index (χ2n) is 4.67. The van der Waals surface area contributed by atoms with Gasteiger partial charge in [-0.3, -0.25) is 0 Å². The maximum Gasteiger partial charge on any atom is 0.338 e. The van der Waals surface area contributed by atoms with Crippen molar-refractivity contribution in [2.75, 3.05) is 6.61 Å². The summed E-state index contributed by atoms with van der Waals surface area (Å²) in [5.74, 6) is 0.676. The molecular weight excluding hydrogens is 192 g/mol. The second kappa shape index (κ2) is 4.12. The lowest BCUT2D eigenvalue weighted by Crippen LogP contribution is -2.27. The van der Waals surface area contributed by atoms with Crippen LogP contribution >= 0.6 is 0 Å². The Morgan fingerprint density at radius 1 is 1.40 bits per heavy atom. The van der Waals surface area contributed by atoms with Gasteiger partial charge in [0.2, 0.25) is 0 Å². The van der Waals surface area contributed by atoms with Gasteiger partial charge in [0.25, 0.3) is 0 Å². The number of ether oxygens (including phenoxy) is 2. The zero-order chi connectivity index (χ0) is 10.9. The van der Waals surface area contributed by atoms with Crippen LogP contribution in [0.25, 0.3) is 0 Å². The van der Waals surface area contributed by atoms with Gasteiger partial charge in [-0.1, -0.05) is 13.3 Å². The predicted octanol–water partition coefficient (Wildman–Crippen LogP) is 2.29. The Morgan fingerprint density at radius 2 is 2.07 bits per heavy atom. The maximum absolute atomic E-state index is 11.5. The summed E-state index contributed by atoms with van der Waals surface area (Å²) < 4.78 is 10.6. The molecule has 0 bridgehead atoms. The van der Waals surface area contributed by atoms with E-state index in [1.165, 1.54) is 19.3 Å². The van der Waals surface area contributed by atoms with Crippen molar-refractivity contribution in [3.05, 3.63) is 0 Å². The van der Waals surface area contributed by atoms with Crippen molar-refractivity contribution in [2.45, 2.75) is 57.7 Å². The van der Waals surface area contributed by atoms with Gasteiger partial charge in [-0.2, -0.15) is 0 Å². The van der Waals surface area contributed by atoms with E-state index in [4.69, 9.17) is 9.47 Å². The molecule has 1 aliphatic heterocycles. The fourth-order valence-corrected chi connectivity index (χ4v) is 2.64. The second-order valence-corrected chi connectivity index (χ2v) is 4.67. The Bertz CT molecular complexity index is 241. The van der Waals surface area contributed by atoms with E-state index in [1.807, 2.05) is 6.92 Å². The number of carbonyl (C=O) groups excluding carboxylic acids is 1. The van der Waals surface area contributed by atoms with Crippen LogP contribution in [0.5, 0.6) is 0 Å². The molecule has 1 atom stereocenters. The van der Waals surface area contributed by atoms with Gasteiger partial charge in [0.05, 0.1) is 6.61 Å². The minimum Gasteiger partial charge on any atom is -0.464 e. The molecule has 2 aliphatic rings. The first-order valence-electron chi connectivity index (χ1n) is 6.06. The monoisotopic (exact) mass is 212 g/mol. The van der Waals surface area contributed by atoms with Crippen molar-refractivity contribution in [3.63, 3.8) is 0 Å². The molecule has 0 N–H and O–H groups in total. The summed E-state index contributed by atoms with van der Waals surface area (Å²) in [6.07, 6.45) is 5.47. The lowest BCUT2D eigenvalue weighted by atomic mass is 9.79. The molecule has 1 spiro atoms. The van der Waals surface area contributed by atoms with Crippen LogP contribution in [0.1, 0.15) is 46.0 Å². The summed E-state index contributed by atoms with van der Waals surface area (Å²) in [7, 11) is 0. The molecule has 3 nitrogen and oxygen atoms in total. The van der Waals surface area contributed by atoms with Crippen LogP contribution in [0.4, 0.5) is 0 Å². The van der Waals surface area contributed by atoms with Gasteiger partial charge in [0, 0.05) is 0 Å². The average molecular weight is 212 g/mol.